The fourth-order valence-electron chi connectivity index (χ4n) is 3.58. The number of aromatic nitrogens is 2. The smallest absolute Gasteiger partial charge is 0.346 e. The lowest BCUT2D eigenvalue weighted by molar-refractivity contribution is -2.00. The molecular weight excluding hydrogens is 514 g/mol. The molecule has 1 aromatic heterocycles. The van der Waals surface area contributed by atoms with Crippen LogP contribution in [0.1, 0.15) is 5.56 Å². The van der Waals surface area contributed by atoms with Crippen LogP contribution in [0.5, 0.6) is 0 Å². The molecule has 0 bridgehead atoms. The zero-order valence-corrected chi connectivity index (χ0v) is 21.1. The third-order valence-electron chi connectivity index (χ3n) is 5.05. The fourth-order valence-corrected chi connectivity index (χ4v) is 4.64. The van der Waals surface area contributed by atoms with Crippen LogP contribution in [0.15, 0.2) is 121 Å². The van der Waals surface area contributed by atoms with E-state index in [4.69, 9.17) is 23.6 Å². The van der Waals surface area contributed by atoms with Crippen LogP contribution in [0.25, 0.3) is 11.4 Å². The van der Waals surface area contributed by atoms with Crippen LogP contribution in [0.2, 0.25) is 0 Å². The first-order valence-electron chi connectivity index (χ1n) is 10.9. The number of hydrogen-bond acceptors (Lipinski definition) is 7. The lowest BCUT2D eigenvalue weighted by Crippen LogP contribution is -2.68. The van der Waals surface area contributed by atoms with Crippen molar-refractivity contribution in [2.24, 2.45) is 0 Å². The van der Waals surface area contributed by atoms with E-state index in [2.05, 4.69) is 112 Å². The van der Waals surface area contributed by atoms with E-state index in [0.29, 0.717) is 0 Å². The molecule has 0 saturated heterocycles. The Bertz CT molecular complexity index is 1310. The maximum atomic E-state index is 8.49. The number of halogens is 1. The summed E-state index contributed by atoms with van der Waals surface area (Å²) in [6.07, 6.45) is 0. The van der Waals surface area contributed by atoms with E-state index < -0.39 is 10.2 Å². The van der Waals surface area contributed by atoms with Gasteiger partial charge in [0, 0.05) is 0 Å². The van der Waals surface area contributed by atoms with Gasteiger partial charge >= 0.3 is 11.0 Å². The lowest BCUT2D eigenvalue weighted by Gasteiger charge is -2.18. The van der Waals surface area contributed by atoms with Gasteiger partial charge in [0.15, 0.2) is 0 Å². The molecule has 10 heteroatoms. The quantitative estimate of drug-likeness (QED) is 0.296. The Morgan fingerprint density at radius 3 is 1.51 bits per heavy atom. The molecule has 1 heterocycles. The first kappa shape index (κ1) is 27.9. The first-order chi connectivity index (χ1) is 17.4. The summed E-state index contributed by atoms with van der Waals surface area (Å²) in [7, 11) is -4.94. The highest BCUT2D eigenvalue weighted by molar-refractivity contribution is 7.06. The van der Waals surface area contributed by atoms with Crippen molar-refractivity contribution in [3.8, 4) is 11.4 Å². The van der Waals surface area contributed by atoms with E-state index in [-0.39, 0.29) is 5.48 Å². The predicted molar refractivity (Wildman–Crippen MR) is 132 cm³/mol. The van der Waals surface area contributed by atoms with Gasteiger partial charge in [-0.15, -0.1) is 10.2 Å². The van der Waals surface area contributed by atoms with Crippen molar-refractivity contribution < 1.29 is 38.3 Å². The van der Waals surface area contributed by atoms with Gasteiger partial charge in [-0.3, -0.25) is 4.90 Å². The summed E-state index contributed by atoms with van der Waals surface area (Å²) >= 11 is 1.68. The van der Waals surface area contributed by atoms with Crippen molar-refractivity contribution in [2.45, 2.75) is 6.54 Å². The Balaban J connectivity index is 0.000000581. The van der Waals surface area contributed by atoms with Crippen LogP contribution < -0.4 is 27.5 Å². The Morgan fingerprint density at radius 1 is 0.649 bits per heavy atom. The molecule has 0 atom stereocenters. The van der Waals surface area contributed by atoms with Crippen molar-refractivity contribution in [3.63, 3.8) is 0 Å². The second-order valence-corrected chi connectivity index (χ2v) is 9.33. The van der Waals surface area contributed by atoms with Crippen molar-refractivity contribution >= 4 is 28.0 Å². The van der Waals surface area contributed by atoms with Crippen LogP contribution in [-0.4, -0.2) is 10.5 Å². The predicted octanol–water partition coefficient (Wildman–Crippen LogP) is 1.04. The van der Waals surface area contributed by atoms with Crippen LogP contribution in [-0.2, 0) is 6.54 Å². The second kappa shape index (κ2) is 13.0. The summed E-state index contributed by atoms with van der Waals surface area (Å²) in [5.74, 6) is 0.973. The van der Waals surface area contributed by atoms with Crippen molar-refractivity contribution in [2.75, 3.05) is 4.90 Å². The van der Waals surface area contributed by atoms with Crippen molar-refractivity contribution in [1.29, 1.82) is 0 Å². The average molecular weight is 538 g/mol. The van der Waals surface area contributed by atoms with Gasteiger partial charge in [-0.05, 0) is 46.9 Å². The van der Waals surface area contributed by atoms with Crippen LogP contribution >= 0.6 is 11.5 Å². The Morgan fingerprint density at radius 2 is 1.05 bits per heavy atom. The van der Waals surface area contributed by atoms with Crippen molar-refractivity contribution in [3.05, 3.63) is 127 Å². The molecule has 0 aliphatic carbocycles. The SMILES string of the molecule is O.[O-][Cl+3]([O-])([O-])[O-].c1ccc(C[n+]2sc(N(c3ccccc3)c3ccccc3)nc2-c2ccccc2)cc1. The summed E-state index contributed by atoms with van der Waals surface area (Å²) < 4.78 is 36.2. The number of para-hydroxylation sites is 2. The molecule has 2 N–H and O–H groups in total. The molecule has 0 amide bonds. The van der Waals surface area contributed by atoms with Gasteiger partial charge in [0.2, 0.25) is 0 Å². The average Bonchev–Trinajstić information content (AvgIpc) is 3.29. The highest BCUT2D eigenvalue weighted by Gasteiger charge is 2.28. The molecule has 5 aromatic rings. The Labute approximate surface area is 220 Å². The minimum atomic E-state index is -4.94. The summed E-state index contributed by atoms with van der Waals surface area (Å²) in [6, 6.07) is 41.8. The number of benzene rings is 4. The third kappa shape index (κ3) is 8.17. The second-order valence-electron chi connectivity index (χ2n) is 7.58. The van der Waals surface area contributed by atoms with Gasteiger partial charge in [-0.2, -0.15) is 3.96 Å². The van der Waals surface area contributed by atoms with Gasteiger partial charge in [-0.1, -0.05) is 84.9 Å². The molecule has 0 spiro atoms. The molecule has 37 heavy (non-hydrogen) atoms. The molecule has 8 nitrogen and oxygen atoms in total. The molecule has 4 aromatic carbocycles. The van der Waals surface area contributed by atoms with E-state index in [1.165, 1.54) is 5.56 Å². The minimum Gasteiger partial charge on any atom is -0.412 e. The Kier molecular flexibility index (Phi) is 9.84. The van der Waals surface area contributed by atoms with E-state index >= 15 is 0 Å². The topological polar surface area (TPSA) is 144 Å². The number of nitrogens with zero attached hydrogens (tertiary/aromatic N) is 3. The van der Waals surface area contributed by atoms with Gasteiger partial charge in [0.1, 0.15) is 18.1 Å². The molecule has 190 valence electrons. The maximum Gasteiger partial charge on any atom is 0.346 e. The molecule has 0 fully saturated rings. The zero-order valence-electron chi connectivity index (χ0n) is 19.5. The number of anilines is 3. The molecular formula is C27H24ClN3O5S. The van der Waals surface area contributed by atoms with Crippen LogP contribution in [0.4, 0.5) is 16.5 Å². The third-order valence-corrected chi connectivity index (χ3v) is 6.01. The van der Waals surface area contributed by atoms with E-state index in [9.17, 15) is 0 Å². The summed E-state index contributed by atoms with van der Waals surface area (Å²) in [5, 5.41) is 0.937. The first-order valence-corrected chi connectivity index (χ1v) is 12.9. The van der Waals surface area contributed by atoms with Crippen LogP contribution in [0.3, 0.4) is 0 Å². The molecule has 0 radical (unpaired) electrons. The van der Waals surface area contributed by atoms with E-state index in [1.54, 1.807) is 11.5 Å². The summed E-state index contributed by atoms with van der Waals surface area (Å²) in [4.78, 5) is 7.36. The molecule has 0 aliphatic rings. The maximum absolute atomic E-state index is 8.49. The normalized spacial score (nSPS) is 10.6. The summed E-state index contributed by atoms with van der Waals surface area (Å²) in [6.45, 7) is 0.778. The van der Waals surface area contributed by atoms with Gasteiger partial charge in [-0.25, -0.2) is 18.6 Å². The number of hydrogen-bond donors (Lipinski definition) is 0. The standard InChI is InChI=1S/C27H22N3S.ClHO4.H2O/c1-5-13-22(14-6-1)21-29-26(23-15-7-2-8-16-23)28-27(31-29)30(24-17-9-3-10-18-24)25-19-11-4-12-20-25;2-1(3,4)5;/h1-20H,21H2;(H,2,3,4,5);1H2/q+1;;/p-1. The minimum absolute atomic E-state index is 0. The van der Waals surface area contributed by atoms with E-state index in [0.717, 1.165) is 34.4 Å². The summed E-state index contributed by atoms with van der Waals surface area (Å²) in [5.41, 5.74) is 4.55. The largest absolute Gasteiger partial charge is 0.412 e. The van der Waals surface area contributed by atoms with Crippen molar-refractivity contribution in [1.82, 2.24) is 4.98 Å². The highest BCUT2D eigenvalue weighted by atomic mass is 35.7. The highest BCUT2D eigenvalue weighted by Crippen LogP contribution is 2.36. The van der Waals surface area contributed by atoms with Crippen LogP contribution in [0, 0.1) is 10.2 Å². The zero-order chi connectivity index (χ0) is 25.4. The Hall–Kier alpha value is -3.67. The van der Waals surface area contributed by atoms with Gasteiger partial charge in [0.25, 0.3) is 0 Å². The molecule has 0 aliphatic heterocycles. The molecule has 0 unspecified atom stereocenters. The van der Waals surface area contributed by atoms with Gasteiger partial charge < -0.3 is 5.48 Å². The molecule has 0 saturated carbocycles. The fraction of sp³-hybridized carbons (Fsp3) is 0.0370. The number of rotatable bonds is 6. The van der Waals surface area contributed by atoms with E-state index in [1.807, 2.05) is 18.2 Å². The van der Waals surface area contributed by atoms with Gasteiger partial charge in [0.05, 0.1) is 16.9 Å². The lowest BCUT2D eigenvalue weighted by atomic mass is 10.2. The monoisotopic (exact) mass is 537 g/mol. The molecule has 5 rings (SSSR count).